The average Bonchev–Trinajstić information content (AvgIpc) is 3.05. The minimum atomic E-state index is -0.499. The van der Waals surface area contributed by atoms with Crippen molar-refractivity contribution in [3.8, 4) is 11.3 Å². The van der Waals surface area contributed by atoms with Crippen LogP contribution in [-0.4, -0.2) is 32.8 Å². The second kappa shape index (κ2) is 7.84. The van der Waals surface area contributed by atoms with Crippen LogP contribution in [0.2, 0.25) is 0 Å². The SMILES string of the molecule is NC(=O)Cn1cc(/C=N\NC(=O)c2ccncc2)c(-c2ccccc2)n1. The predicted molar refractivity (Wildman–Crippen MR) is 96.2 cm³/mol. The van der Waals surface area contributed by atoms with Gasteiger partial charge in [0.15, 0.2) is 0 Å². The summed E-state index contributed by atoms with van der Waals surface area (Å²) in [4.78, 5) is 27.0. The number of nitrogens with two attached hydrogens (primary N) is 1. The van der Waals surface area contributed by atoms with Crippen LogP contribution in [0.3, 0.4) is 0 Å². The number of nitrogens with zero attached hydrogens (tertiary/aromatic N) is 4. The molecule has 0 saturated carbocycles. The summed E-state index contributed by atoms with van der Waals surface area (Å²) in [6.07, 6.45) is 6.18. The van der Waals surface area contributed by atoms with E-state index in [0.29, 0.717) is 16.8 Å². The van der Waals surface area contributed by atoms with Gasteiger partial charge in [-0.05, 0) is 12.1 Å². The van der Waals surface area contributed by atoms with Crippen molar-refractivity contribution in [2.75, 3.05) is 0 Å². The molecular weight excluding hydrogens is 332 g/mol. The molecule has 2 heterocycles. The molecule has 0 radical (unpaired) electrons. The fourth-order valence-electron chi connectivity index (χ4n) is 2.32. The molecule has 3 aromatic rings. The zero-order valence-corrected chi connectivity index (χ0v) is 13.7. The van der Waals surface area contributed by atoms with Gasteiger partial charge in [-0.1, -0.05) is 30.3 Å². The maximum atomic E-state index is 12.0. The van der Waals surface area contributed by atoms with Crippen LogP contribution in [0, 0.1) is 0 Å². The van der Waals surface area contributed by atoms with E-state index in [4.69, 9.17) is 5.73 Å². The maximum Gasteiger partial charge on any atom is 0.271 e. The van der Waals surface area contributed by atoms with Crippen LogP contribution in [0.1, 0.15) is 15.9 Å². The van der Waals surface area contributed by atoms with Crippen molar-refractivity contribution >= 4 is 18.0 Å². The fraction of sp³-hybridized carbons (Fsp3) is 0.0556. The number of nitrogens with one attached hydrogen (secondary N) is 1. The minimum Gasteiger partial charge on any atom is -0.368 e. The normalized spacial score (nSPS) is 10.8. The lowest BCUT2D eigenvalue weighted by molar-refractivity contribution is -0.118. The Labute approximate surface area is 149 Å². The number of hydrogen-bond acceptors (Lipinski definition) is 5. The third-order valence-corrected chi connectivity index (χ3v) is 3.47. The number of hydrazone groups is 1. The van der Waals surface area contributed by atoms with Crippen molar-refractivity contribution in [2.24, 2.45) is 10.8 Å². The Morgan fingerprint density at radius 1 is 1.15 bits per heavy atom. The van der Waals surface area contributed by atoms with E-state index < -0.39 is 5.91 Å². The molecule has 26 heavy (non-hydrogen) atoms. The Morgan fingerprint density at radius 2 is 1.88 bits per heavy atom. The van der Waals surface area contributed by atoms with Crippen LogP contribution in [0.5, 0.6) is 0 Å². The Balaban J connectivity index is 1.82. The zero-order chi connectivity index (χ0) is 18.4. The molecule has 0 aliphatic carbocycles. The first kappa shape index (κ1) is 17.0. The number of pyridine rings is 1. The summed E-state index contributed by atoms with van der Waals surface area (Å²) in [6.45, 7) is -0.0446. The van der Waals surface area contributed by atoms with Gasteiger partial charge in [-0.25, -0.2) is 5.43 Å². The third-order valence-electron chi connectivity index (χ3n) is 3.47. The summed E-state index contributed by atoms with van der Waals surface area (Å²) in [5, 5.41) is 8.36. The van der Waals surface area contributed by atoms with E-state index in [1.165, 1.54) is 23.3 Å². The molecule has 0 aliphatic heterocycles. The van der Waals surface area contributed by atoms with E-state index in [-0.39, 0.29) is 12.5 Å². The van der Waals surface area contributed by atoms with Gasteiger partial charge < -0.3 is 5.73 Å². The van der Waals surface area contributed by atoms with Crippen LogP contribution >= 0.6 is 0 Å². The van der Waals surface area contributed by atoms with Crippen LogP contribution < -0.4 is 11.2 Å². The highest BCUT2D eigenvalue weighted by molar-refractivity contribution is 5.95. The molecule has 1 aromatic carbocycles. The highest BCUT2D eigenvalue weighted by atomic mass is 16.2. The number of primary amides is 1. The van der Waals surface area contributed by atoms with Crippen molar-refractivity contribution in [3.63, 3.8) is 0 Å². The molecule has 2 amide bonds. The molecule has 0 saturated heterocycles. The summed E-state index contributed by atoms with van der Waals surface area (Å²) < 4.78 is 1.44. The Kier molecular flexibility index (Phi) is 5.14. The molecule has 0 aliphatic rings. The van der Waals surface area contributed by atoms with Crippen molar-refractivity contribution in [2.45, 2.75) is 6.54 Å². The number of aromatic nitrogens is 3. The number of carbonyl (C=O) groups excluding carboxylic acids is 2. The third kappa shape index (κ3) is 4.18. The molecule has 2 aromatic heterocycles. The standard InChI is InChI=1S/C18H16N6O2/c19-16(25)12-24-11-15(17(23-24)13-4-2-1-3-5-13)10-21-22-18(26)14-6-8-20-9-7-14/h1-11H,12H2,(H2,19,25)(H,22,26)/b21-10-. The molecule has 3 N–H and O–H groups in total. The second-order valence-corrected chi connectivity index (χ2v) is 5.40. The first-order valence-electron chi connectivity index (χ1n) is 7.78. The molecule has 3 rings (SSSR count). The van der Waals surface area contributed by atoms with Gasteiger partial charge in [-0.15, -0.1) is 0 Å². The molecule has 0 spiro atoms. The van der Waals surface area contributed by atoms with Crippen LogP contribution in [0.25, 0.3) is 11.3 Å². The molecule has 0 fully saturated rings. The summed E-state index contributed by atoms with van der Waals surface area (Å²) >= 11 is 0. The topological polar surface area (TPSA) is 115 Å². The summed E-state index contributed by atoms with van der Waals surface area (Å²) in [7, 11) is 0. The van der Waals surface area contributed by atoms with Gasteiger partial charge in [-0.2, -0.15) is 10.2 Å². The summed E-state index contributed by atoms with van der Waals surface area (Å²) in [6, 6.07) is 12.6. The van der Waals surface area contributed by atoms with Gasteiger partial charge in [0.25, 0.3) is 5.91 Å². The van der Waals surface area contributed by atoms with Crippen molar-refractivity contribution in [1.82, 2.24) is 20.2 Å². The van der Waals surface area contributed by atoms with Gasteiger partial charge in [-0.3, -0.25) is 19.3 Å². The van der Waals surface area contributed by atoms with E-state index in [1.807, 2.05) is 30.3 Å². The first-order chi connectivity index (χ1) is 12.6. The van der Waals surface area contributed by atoms with Crippen LogP contribution in [0.15, 0.2) is 66.2 Å². The van der Waals surface area contributed by atoms with Crippen LogP contribution in [-0.2, 0) is 11.3 Å². The van der Waals surface area contributed by atoms with Gasteiger partial charge >= 0.3 is 0 Å². The van der Waals surface area contributed by atoms with E-state index in [9.17, 15) is 9.59 Å². The second-order valence-electron chi connectivity index (χ2n) is 5.40. The highest BCUT2D eigenvalue weighted by Gasteiger charge is 2.11. The predicted octanol–water partition coefficient (Wildman–Crippen LogP) is 1.19. The lowest BCUT2D eigenvalue weighted by Crippen LogP contribution is -2.18. The summed E-state index contributed by atoms with van der Waals surface area (Å²) in [5.41, 5.74) is 10.3. The van der Waals surface area contributed by atoms with E-state index >= 15 is 0 Å². The number of rotatable bonds is 6. The Hall–Kier alpha value is -3.81. The quantitative estimate of drug-likeness (QED) is 0.514. The van der Waals surface area contributed by atoms with Crippen molar-refractivity contribution < 1.29 is 9.59 Å². The van der Waals surface area contributed by atoms with E-state index in [2.05, 4.69) is 20.6 Å². The molecule has 130 valence electrons. The Morgan fingerprint density at radius 3 is 2.58 bits per heavy atom. The average molecular weight is 348 g/mol. The minimum absolute atomic E-state index is 0.0446. The number of benzene rings is 1. The van der Waals surface area contributed by atoms with Gasteiger partial charge in [0.1, 0.15) is 12.2 Å². The van der Waals surface area contributed by atoms with E-state index in [0.717, 1.165) is 5.56 Å². The fourth-order valence-corrected chi connectivity index (χ4v) is 2.32. The van der Waals surface area contributed by atoms with Crippen molar-refractivity contribution in [3.05, 3.63) is 72.2 Å². The molecule has 8 nitrogen and oxygen atoms in total. The van der Waals surface area contributed by atoms with Gasteiger partial charge in [0.05, 0.1) is 6.21 Å². The van der Waals surface area contributed by atoms with Gasteiger partial charge in [0, 0.05) is 35.3 Å². The van der Waals surface area contributed by atoms with Crippen LogP contribution in [0.4, 0.5) is 0 Å². The molecule has 0 bridgehead atoms. The number of hydrogen-bond donors (Lipinski definition) is 2. The molecule has 0 unspecified atom stereocenters. The summed E-state index contributed by atoms with van der Waals surface area (Å²) in [5.74, 6) is -0.851. The zero-order valence-electron chi connectivity index (χ0n) is 13.7. The molecule has 0 atom stereocenters. The number of amides is 2. The first-order valence-corrected chi connectivity index (χ1v) is 7.78. The number of carbonyl (C=O) groups is 2. The van der Waals surface area contributed by atoms with E-state index in [1.54, 1.807) is 18.3 Å². The smallest absolute Gasteiger partial charge is 0.271 e. The largest absolute Gasteiger partial charge is 0.368 e. The monoisotopic (exact) mass is 348 g/mol. The Bertz CT molecular complexity index is 935. The van der Waals surface area contributed by atoms with Gasteiger partial charge in [0.2, 0.25) is 5.91 Å². The van der Waals surface area contributed by atoms with Crippen molar-refractivity contribution in [1.29, 1.82) is 0 Å². The molecule has 8 heteroatoms. The maximum absolute atomic E-state index is 12.0. The lowest BCUT2D eigenvalue weighted by Gasteiger charge is -1.99. The highest BCUT2D eigenvalue weighted by Crippen LogP contribution is 2.20. The lowest BCUT2D eigenvalue weighted by atomic mass is 10.1. The molecular formula is C18H16N6O2.